The summed E-state index contributed by atoms with van der Waals surface area (Å²) in [7, 11) is 7.94. The molecule has 9 nitrogen and oxygen atoms in total. The standard InChI is InChI=1S/C30H41N3O6/c1-19-10-14-33(15-11-19)13-7-12-31-29(34)27-21-17-25(38-5)26(39-6)18-22(21)30(35)32(2)28(27)20-8-9-23(36-3)24(16-20)37-4/h8-9,16-19,27-28H,7,10-15H2,1-6H3,(H,31,34)/t27-,28-/m0/s1. The number of benzene rings is 2. The molecule has 212 valence electrons. The van der Waals surface area contributed by atoms with Crippen LogP contribution in [-0.4, -0.2) is 83.3 Å². The maximum Gasteiger partial charge on any atom is 0.254 e. The van der Waals surface area contributed by atoms with Crippen LogP contribution in [0, 0.1) is 5.92 Å². The van der Waals surface area contributed by atoms with Crippen LogP contribution in [0.3, 0.4) is 0 Å². The van der Waals surface area contributed by atoms with Gasteiger partial charge in [0, 0.05) is 19.2 Å². The van der Waals surface area contributed by atoms with E-state index in [0.29, 0.717) is 40.7 Å². The Morgan fingerprint density at radius 2 is 1.54 bits per heavy atom. The molecular formula is C30H41N3O6. The van der Waals surface area contributed by atoms with Crippen molar-refractivity contribution < 1.29 is 28.5 Å². The van der Waals surface area contributed by atoms with Gasteiger partial charge in [0.15, 0.2) is 23.0 Å². The second kappa shape index (κ2) is 12.6. The van der Waals surface area contributed by atoms with E-state index in [1.165, 1.54) is 20.0 Å². The van der Waals surface area contributed by atoms with Crippen LogP contribution in [0.2, 0.25) is 0 Å². The lowest BCUT2D eigenvalue weighted by Crippen LogP contribution is -2.46. The largest absolute Gasteiger partial charge is 0.493 e. The molecule has 2 aromatic carbocycles. The highest BCUT2D eigenvalue weighted by Gasteiger charge is 2.43. The quantitative estimate of drug-likeness (QED) is 0.459. The van der Waals surface area contributed by atoms with Gasteiger partial charge < -0.3 is 34.1 Å². The van der Waals surface area contributed by atoms with Crippen LogP contribution in [0.25, 0.3) is 0 Å². The first-order valence-electron chi connectivity index (χ1n) is 13.6. The van der Waals surface area contributed by atoms with Gasteiger partial charge in [0.05, 0.1) is 40.4 Å². The Morgan fingerprint density at radius 3 is 2.18 bits per heavy atom. The van der Waals surface area contributed by atoms with E-state index in [4.69, 9.17) is 18.9 Å². The zero-order chi connectivity index (χ0) is 28.1. The maximum absolute atomic E-state index is 13.9. The highest BCUT2D eigenvalue weighted by molar-refractivity contribution is 6.02. The molecule has 4 rings (SSSR count). The number of amides is 2. The van der Waals surface area contributed by atoms with Crippen molar-refractivity contribution in [2.45, 2.75) is 38.1 Å². The van der Waals surface area contributed by atoms with E-state index < -0.39 is 12.0 Å². The van der Waals surface area contributed by atoms with Crippen LogP contribution in [0.1, 0.15) is 59.6 Å². The number of hydrogen-bond donors (Lipinski definition) is 1. The topological polar surface area (TPSA) is 89.6 Å². The highest BCUT2D eigenvalue weighted by Crippen LogP contribution is 2.46. The Balaban J connectivity index is 1.66. The maximum atomic E-state index is 13.9. The molecule has 1 fully saturated rings. The average molecular weight is 540 g/mol. The number of piperidine rings is 1. The van der Waals surface area contributed by atoms with Crippen molar-refractivity contribution in [3.05, 3.63) is 47.0 Å². The van der Waals surface area contributed by atoms with Crippen molar-refractivity contribution in [1.29, 1.82) is 0 Å². The average Bonchev–Trinajstić information content (AvgIpc) is 2.96. The van der Waals surface area contributed by atoms with Gasteiger partial charge in [-0.15, -0.1) is 0 Å². The fourth-order valence-electron chi connectivity index (χ4n) is 5.69. The van der Waals surface area contributed by atoms with Gasteiger partial charge in [-0.25, -0.2) is 0 Å². The van der Waals surface area contributed by atoms with Crippen LogP contribution < -0.4 is 24.3 Å². The molecule has 2 atom stereocenters. The second-order valence-corrected chi connectivity index (χ2v) is 10.4. The molecule has 2 aliphatic rings. The van der Waals surface area contributed by atoms with Crippen LogP contribution in [0.15, 0.2) is 30.3 Å². The molecular weight excluding hydrogens is 498 g/mol. The van der Waals surface area contributed by atoms with Crippen molar-refractivity contribution >= 4 is 11.8 Å². The van der Waals surface area contributed by atoms with Crippen LogP contribution in [-0.2, 0) is 4.79 Å². The lowest BCUT2D eigenvalue weighted by Gasteiger charge is -2.40. The summed E-state index contributed by atoms with van der Waals surface area (Å²) in [5.41, 5.74) is 1.80. The third-order valence-corrected chi connectivity index (χ3v) is 8.03. The van der Waals surface area contributed by atoms with E-state index in [1.807, 2.05) is 12.1 Å². The van der Waals surface area contributed by atoms with E-state index in [1.54, 1.807) is 51.5 Å². The van der Waals surface area contributed by atoms with Gasteiger partial charge in [0.2, 0.25) is 5.91 Å². The van der Waals surface area contributed by atoms with Crippen molar-refractivity contribution in [1.82, 2.24) is 15.1 Å². The van der Waals surface area contributed by atoms with Gasteiger partial charge in [-0.1, -0.05) is 13.0 Å². The van der Waals surface area contributed by atoms with Gasteiger partial charge >= 0.3 is 0 Å². The SMILES string of the molecule is COc1ccc([C@H]2[C@@H](C(=O)NCCCN3CCC(C)CC3)c3cc(OC)c(OC)cc3C(=O)N2C)cc1OC. The lowest BCUT2D eigenvalue weighted by molar-refractivity contribution is -0.124. The fourth-order valence-corrected chi connectivity index (χ4v) is 5.69. The van der Waals surface area contributed by atoms with E-state index >= 15 is 0 Å². The summed E-state index contributed by atoms with van der Waals surface area (Å²) < 4.78 is 22.0. The van der Waals surface area contributed by atoms with Crippen molar-refractivity contribution in [2.24, 2.45) is 5.92 Å². The molecule has 0 unspecified atom stereocenters. The Hall–Kier alpha value is -3.46. The molecule has 9 heteroatoms. The predicted molar refractivity (Wildman–Crippen MR) is 149 cm³/mol. The molecule has 0 spiro atoms. The molecule has 39 heavy (non-hydrogen) atoms. The minimum Gasteiger partial charge on any atom is -0.493 e. The highest BCUT2D eigenvalue weighted by atomic mass is 16.5. The number of carbonyl (C=O) groups is 2. The molecule has 0 radical (unpaired) electrons. The molecule has 2 aliphatic heterocycles. The third-order valence-electron chi connectivity index (χ3n) is 8.03. The number of methoxy groups -OCH3 is 4. The summed E-state index contributed by atoms with van der Waals surface area (Å²) in [5, 5.41) is 3.16. The molecule has 0 bridgehead atoms. The number of nitrogens with zero attached hydrogens (tertiary/aromatic N) is 2. The first kappa shape index (κ1) is 28.5. The summed E-state index contributed by atoms with van der Waals surface area (Å²) in [6, 6.07) is 8.36. The Bertz CT molecular complexity index is 1180. The number of hydrogen-bond acceptors (Lipinski definition) is 7. The third kappa shape index (κ3) is 5.93. The zero-order valence-corrected chi connectivity index (χ0v) is 23.9. The number of fused-ring (bicyclic) bond motifs is 1. The predicted octanol–water partition coefficient (Wildman–Crippen LogP) is 3.87. The van der Waals surface area contributed by atoms with Crippen LogP contribution >= 0.6 is 0 Å². The van der Waals surface area contributed by atoms with Crippen LogP contribution in [0.4, 0.5) is 0 Å². The molecule has 2 aromatic rings. The Labute approximate surface area is 231 Å². The molecule has 2 amide bonds. The second-order valence-electron chi connectivity index (χ2n) is 10.4. The van der Waals surface area contributed by atoms with Crippen molar-refractivity contribution in [2.75, 3.05) is 61.7 Å². The van der Waals surface area contributed by atoms with Gasteiger partial charge in [0.25, 0.3) is 5.91 Å². The van der Waals surface area contributed by atoms with E-state index in [-0.39, 0.29) is 11.8 Å². The molecule has 2 heterocycles. The van der Waals surface area contributed by atoms with Gasteiger partial charge in [-0.3, -0.25) is 9.59 Å². The minimum atomic E-state index is -0.670. The first-order valence-corrected chi connectivity index (χ1v) is 13.6. The lowest BCUT2D eigenvalue weighted by atomic mass is 9.79. The minimum absolute atomic E-state index is 0.144. The van der Waals surface area contributed by atoms with Crippen molar-refractivity contribution in [3.8, 4) is 23.0 Å². The van der Waals surface area contributed by atoms with Crippen LogP contribution in [0.5, 0.6) is 23.0 Å². The summed E-state index contributed by atoms with van der Waals surface area (Å²) >= 11 is 0. The number of likely N-dealkylation sites (tertiary alicyclic amines) is 1. The summed E-state index contributed by atoms with van der Waals surface area (Å²) in [6.45, 7) is 6.04. The van der Waals surface area contributed by atoms with Gasteiger partial charge in [0.1, 0.15) is 0 Å². The van der Waals surface area contributed by atoms with Gasteiger partial charge in [-0.05, 0) is 80.2 Å². The summed E-state index contributed by atoms with van der Waals surface area (Å²) in [4.78, 5) is 31.6. The normalized spacial score (nSPS) is 19.8. The van der Waals surface area contributed by atoms with E-state index in [9.17, 15) is 9.59 Å². The molecule has 1 saturated heterocycles. The van der Waals surface area contributed by atoms with Crippen molar-refractivity contribution in [3.63, 3.8) is 0 Å². The summed E-state index contributed by atoms with van der Waals surface area (Å²) in [5.74, 6) is 1.79. The first-order chi connectivity index (χ1) is 18.8. The number of likely N-dealkylation sites (N-methyl/N-ethyl adjacent to an activating group) is 1. The fraction of sp³-hybridized carbons (Fsp3) is 0.533. The zero-order valence-electron chi connectivity index (χ0n) is 23.9. The Morgan fingerprint density at radius 1 is 0.923 bits per heavy atom. The molecule has 0 aromatic heterocycles. The monoisotopic (exact) mass is 539 g/mol. The molecule has 1 N–H and O–H groups in total. The summed E-state index contributed by atoms with van der Waals surface area (Å²) in [6.07, 6.45) is 3.31. The number of rotatable bonds is 10. The van der Waals surface area contributed by atoms with E-state index in [2.05, 4.69) is 17.1 Å². The van der Waals surface area contributed by atoms with E-state index in [0.717, 1.165) is 37.5 Å². The number of carbonyl (C=O) groups excluding carboxylic acids is 2. The molecule has 0 aliphatic carbocycles. The number of ether oxygens (including phenoxy) is 4. The smallest absolute Gasteiger partial charge is 0.254 e. The number of nitrogens with one attached hydrogen (secondary N) is 1. The Kier molecular flexibility index (Phi) is 9.22. The molecule has 0 saturated carbocycles. The van der Waals surface area contributed by atoms with Gasteiger partial charge in [-0.2, -0.15) is 0 Å².